The highest BCUT2D eigenvalue weighted by Gasteiger charge is 2.10. The molecule has 0 amide bonds. The van der Waals surface area contributed by atoms with Gasteiger partial charge in [0.15, 0.2) is 5.69 Å². The second-order valence-corrected chi connectivity index (χ2v) is 3.06. The van der Waals surface area contributed by atoms with Crippen LogP contribution in [-0.4, -0.2) is 28.2 Å². The van der Waals surface area contributed by atoms with Gasteiger partial charge in [0.25, 0.3) is 6.01 Å². The third-order valence-corrected chi connectivity index (χ3v) is 1.92. The van der Waals surface area contributed by atoms with Gasteiger partial charge in [-0.05, 0) is 6.07 Å². The van der Waals surface area contributed by atoms with Crippen LogP contribution < -0.4 is 10.1 Å². The molecule has 0 fully saturated rings. The maximum Gasteiger partial charge on any atom is 0.357 e. The average molecular weight is 235 g/mol. The van der Waals surface area contributed by atoms with Crippen LogP contribution in [0.4, 0.5) is 11.7 Å². The summed E-state index contributed by atoms with van der Waals surface area (Å²) in [7, 11) is 1.52. The number of oxazole rings is 1. The van der Waals surface area contributed by atoms with E-state index in [9.17, 15) is 4.79 Å². The summed E-state index contributed by atoms with van der Waals surface area (Å²) in [6.45, 7) is 0. The Morgan fingerprint density at radius 3 is 2.88 bits per heavy atom. The third kappa shape index (κ3) is 2.51. The van der Waals surface area contributed by atoms with Gasteiger partial charge in [-0.2, -0.15) is 4.98 Å². The lowest BCUT2D eigenvalue weighted by Gasteiger charge is -2.01. The van der Waals surface area contributed by atoms with E-state index in [2.05, 4.69) is 15.3 Å². The fourth-order valence-corrected chi connectivity index (χ4v) is 1.13. The topological polar surface area (TPSA) is 97.5 Å². The second kappa shape index (κ2) is 4.52. The molecular weight excluding hydrogens is 226 g/mol. The van der Waals surface area contributed by atoms with Crippen molar-refractivity contribution < 1.29 is 19.1 Å². The molecule has 88 valence electrons. The van der Waals surface area contributed by atoms with Gasteiger partial charge in [-0.15, -0.1) is 0 Å². The second-order valence-electron chi connectivity index (χ2n) is 3.06. The van der Waals surface area contributed by atoms with E-state index in [-0.39, 0.29) is 11.7 Å². The highest BCUT2D eigenvalue weighted by Crippen LogP contribution is 2.17. The molecule has 0 radical (unpaired) electrons. The van der Waals surface area contributed by atoms with Gasteiger partial charge in [0, 0.05) is 6.07 Å². The van der Waals surface area contributed by atoms with E-state index in [0.29, 0.717) is 11.6 Å². The van der Waals surface area contributed by atoms with Gasteiger partial charge in [0.1, 0.15) is 6.26 Å². The van der Waals surface area contributed by atoms with Gasteiger partial charge >= 0.3 is 5.97 Å². The van der Waals surface area contributed by atoms with Crippen LogP contribution in [0.25, 0.3) is 0 Å². The summed E-state index contributed by atoms with van der Waals surface area (Å²) in [6, 6.07) is 3.45. The molecule has 2 aromatic heterocycles. The Bertz CT molecular complexity index is 521. The number of anilines is 2. The van der Waals surface area contributed by atoms with Gasteiger partial charge in [-0.3, -0.25) is 0 Å². The molecule has 0 saturated carbocycles. The fourth-order valence-electron chi connectivity index (χ4n) is 1.13. The first-order valence-corrected chi connectivity index (χ1v) is 4.65. The molecule has 0 aliphatic rings. The lowest BCUT2D eigenvalue weighted by atomic mass is 10.4. The zero-order valence-electron chi connectivity index (χ0n) is 8.88. The maximum absolute atomic E-state index is 10.6. The van der Waals surface area contributed by atoms with Crippen molar-refractivity contribution in [3.63, 3.8) is 0 Å². The number of rotatable bonds is 4. The lowest BCUT2D eigenvalue weighted by Crippen LogP contribution is -1.97. The van der Waals surface area contributed by atoms with Crippen molar-refractivity contribution in [1.29, 1.82) is 0 Å². The molecule has 7 nitrogen and oxygen atoms in total. The summed E-state index contributed by atoms with van der Waals surface area (Å²) in [5, 5.41) is 11.4. The average Bonchev–Trinajstić information content (AvgIpc) is 2.79. The smallest absolute Gasteiger partial charge is 0.357 e. The number of nitrogens with one attached hydrogen (secondary N) is 1. The number of aromatic nitrogens is 2. The Morgan fingerprint density at radius 1 is 1.53 bits per heavy atom. The standard InChI is InChI=1S/C10H9N3O4/c1-16-8-3-2-6(4-11-8)12-10-13-7(5-17-10)9(14)15/h2-5H,1H3,(H,12,13)(H,14,15). The molecular formula is C10H9N3O4. The maximum atomic E-state index is 10.6. The van der Waals surface area contributed by atoms with E-state index in [1.54, 1.807) is 12.1 Å². The van der Waals surface area contributed by atoms with Gasteiger partial charge in [-0.1, -0.05) is 0 Å². The van der Waals surface area contributed by atoms with E-state index in [0.717, 1.165) is 6.26 Å². The van der Waals surface area contributed by atoms with Crippen molar-refractivity contribution in [3.05, 3.63) is 30.3 Å². The normalized spacial score (nSPS) is 9.94. The van der Waals surface area contributed by atoms with E-state index in [1.165, 1.54) is 13.3 Å². The van der Waals surface area contributed by atoms with Gasteiger partial charge < -0.3 is 19.6 Å². The van der Waals surface area contributed by atoms with Gasteiger partial charge in [0.05, 0.1) is 19.0 Å². The van der Waals surface area contributed by atoms with E-state index >= 15 is 0 Å². The number of carboxylic acids is 1. The van der Waals surface area contributed by atoms with Crippen LogP contribution >= 0.6 is 0 Å². The Balaban J connectivity index is 2.11. The molecule has 0 saturated heterocycles. The van der Waals surface area contributed by atoms with Crippen LogP contribution in [-0.2, 0) is 0 Å². The van der Waals surface area contributed by atoms with Crippen molar-refractivity contribution in [2.24, 2.45) is 0 Å². The predicted molar refractivity (Wildman–Crippen MR) is 57.5 cm³/mol. The van der Waals surface area contributed by atoms with Crippen LogP contribution in [0.15, 0.2) is 29.0 Å². The molecule has 2 aromatic rings. The first-order valence-electron chi connectivity index (χ1n) is 4.65. The molecule has 0 aromatic carbocycles. The molecule has 2 rings (SSSR count). The number of ether oxygens (including phenoxy) is 1. The molecule has 17 heavy (non-hydrogen) atoms. The molecule has 0 aliphatic carbocycles. The molecule has 0 spiro atoms. The van der Waals surface area contributed by atoms with Crippen molar-refractivity contribution in [2.75, 3.05) is 12.4 Å². The number of hydrogen-bond donors (Lipinski definition) is 2. The minimum atomic E-state index is -1.14. The Morgan fingerprint density at radius 2 is 2.35 bits per heavy atom. The summed E-state index contributed by atoms with van der Waals surface area (Å²) < 4.78 is 9.82. The molecule has 2 heterocycles. The minimum Gasteiger partial charge on any atom is -0.481 e. The number of nitrogens with zero attached hydrogens (tertiary/aromatic N) is 2. The third-order valence-electron chi connectivity index (χ3n) is 1.92. The van der Waals surface area contributed by atoms with Crippen LogP contribution in [0, 0.1) is 0 Å². The van der Waals surface area contributed by atoms with Gasteiger partial charge in [-0.25, -0.2) is 9.78 Å². The van der Waals surface area contributed by atoms with E-state index in [4.69, 9.17) is 14.3 Å². The Hall–Kier alpha value is -2.57. The van der Waals surface area contributed by atoms with E-state index in [1.807, 2.05) is 0 Å². The van der Waals surface area contributed by atoms with Crippen molar-refractivity contribution >= 4 is 17.7 Å². The van der Waals surface area contributed by atoms with Crippen molar-refractivity contribution in [1.82, 2.24) is 9.97 Å². The van der Waals surface area contributed by atoms with Crippen LogP contribution in [0.3, 0.4) is 0 Å². The number of carbonyl (C=O) groups is 1. The number of hydrogen-bond acceptors (Lipinski definition) is 6. The first-order chi connectivity index (χ1) is 8.19. The van der Waals surface area contributed by atoms with Crippen molar-refractivity contribution in [3.8, 4) is 5.88 Å². The minimum absolute atomic E-state index is 0.0920. The summed E-state index contributed by atoms with van der Waals surface area (Å²) >= 11 is 0. The molecule has 0 unspecified atom stereocenters. The molecule has 0 aliphatic heterocycles. The van der Waals surface area contributed by atoms with Crippen molar-refractivity contribution in [2.45, 2.75) is 0 Å². The zero-order chi connectivity index (χ0) is 12.3. The van der Waals surface area contributed by atoms with Crippen LogP contribution in [0.5, 0.6) is 5.88 Å². The largest absolute Gasteiger partial charge is 0.481 e. The highest BCUT2D eigenvalue weighted by atomic mass is 16.5. The number of aromatic carboxylic acids is 1. The molecule has 2 N–H and O–H groups in total. The fraction of sp³-hybridized carbons (Fsp3) is 0.100. The van der Waals surface area contributed by atoms with Gasteiger partial charge in [0.2, 0.25) is 5.88 Å². The molecule has 0 atom stereocenters. The Kier molecular flexibility index (Phi) is 2.91. The predicted octanol–water partition coefficient (Wildman–Crippen LogP) is 1.52. The molecule has 7 heteroatoms. The van der Waals surface area contributed by atoms with E-state index < -0.39 is 5.97 Å². The number of carboxylic acid groups (broad SMARTS) is 1. The lowest BCUT2D eigenvalue weighted by molar-refractivity contribution is 0.0690. The highest BCUT2D eigenvalue weighted by molar-refractivity contribution is 5.85. The quantitative estimate of drug-likeness (QED) is 0.828. The number of pyridine rings is 1. The first kappa shape index (κ1) is 10.9. The summed E-state index contributed by atoms with van der Waals surface area (Å²) in [5.41, 5.74) is 0.457. The summed E-state index contributed by atoms with van der Waals surface area (Å²) in [4.78, 5) is 18.2. The SMILES string of the molecule is COc1ccc(Nc2nc(C(=O)O)co2)cn1. The molecule has 0 bridgehead atoms. The summed E-state index contributed by atoms with van der Waals surface area (Å²) in [5.74, 6) is -0.663. The number of methoxy groups -OCH3 is 1. The van der Waals surface area contributed by atoms with Crippen LogP contribution in [0.1, 0.15) is 10.5 Å². The Labute approximate surface area is 96.1 Å². The zero-order valence-corrected chi connectivity index (χ0v) is 8.88. The monoisotopic (exact) mass is 235 g/mol. The summed E-state index contributed by atoms with van der Waals surface area (Å²) in [6.07, 6.45) is 2.57. The van der Waals surface area contributed by atoms with Crippen LogP contribution in [0.2, 0.25) is 0 Å².